The molecule has 1 atom stereocenters. The summed E-state index contributed by atoms with van der Waals surface area (Å²) in [4.78, 5) is 34.0. The number of hydrogen-bond acceptors (Lipinski definition) is 5. The monoisotopic (exact) mass is 634 g/mol. The van der Waals surface area contributed by atoms with E-state index < -0.39 is 35.0 Å². The van der Waals surface area contributed by atoms with Gasteiger partial charge in [-0.1, -0.05) is 23.7 Å². The second-order valence-electron chi connectivity index (χ2n) is 11.4. The minimum absolute atomic E-state index is 0.0415. The van der Waals surface area contributed by atoms with E-state index in [1.165, 1.54) is 4.90 Å². The first-order valence-corrected chi connectivity index (χ1v) is 14.3. The molecule has 0 aliphatic carbocycles. The number of aromatic nitrogens is 1. The maximum absolute atomic E-state index is 14.1. The highest BCUT2D eigenvalue weighted by Crippen LogP contribution is 2.43. The average Bonchev–Trinajstić information content (AvgIpc) is 2.95. The van der Waals surface area contributed by atoms with Gasteiger partial charge in [0, 0.05) is 45.8 Å². The molecular formula is C29H33ClF6N4O3. The lowest BCUT2D eigenvalue weighted by molar-refractivity contribution is -0.262. The Bertz CT molecular complexity index is 1320. The van der Waals surface area contributed by atoms with Crippen molar-refractivity contribution in [2.45, 2.75) is 50.1 Å². The number of hydrogen-bond donors (Lipinski definition) is 1. The normalized spacial score (nSPS) is 18.8. The minimum atomic E-state index is -5.53. The van der Waals surface area contributed by atoms with Gasteiger partial charge in [0.25, 0.3) is 17.4 Å². The van der Waals surface area contributed by atoms with Gasteiger partial charge in [0.15, 0.2) is 0 Å². The molecule has 2 fully saturated rings. The van der Waals surface area contributed by atoms with Crippen molar-refractivity contribution in [2.75, 3.05) is 45.2 Å². The van der Waals surface area contributed by atoms with Crippen LogP contribution in [0.15, 0.2) is 36.4 Å². The van der Waals surface area contributed by atoms with Crippen LogP contribution in [0.2, 0.25) is 5.15 Å². The quantitative estimate of drug-likeness (QED) is 0.324. The number of halogens is 7. The molecule has 2 amide bonds. The van der Waals surface area contributed by atoms with Crippen molar-refractivity contribution in [3.05, 3.63) is 58.2 Å². The summed E-state index contributed by atoms with van der Waals surface area (Å²) < 4.78 is 81.6. The van der Waals surface area contributed by atoms with Crippen LogP contribution in [0, 0.1) is 11.8 Å². The molecular weight excluding hydrogens is 602 g/mol. The summed E-state index contributed by atoms with van der Waals surface area (Å²) >= 11 is 6.26. The standard InChI is InChI=1S/C29H33ClF6N4O3/c1-38(2)25(41)22-6-7-23(37-24(22)30)39-12-8-18(9-13-39)16-19-10-14-40(15-11-19)26(42)27(43,29(34,35)36)20-4-3-5-21(17-20)28(31,32)33/h3-7,17-19,43H,8-16H2,1-2H3/t27-/m1/s1. The molecule has 236 valence electrons. The van der Waals surface area contributed by atoms with Gasteiger partial charge in [-0.05, 0) is 68.2 Å². The lowest BCUT2D eigenvalue weighted by Crippen LogP contribution is -2.57. The van der Waals surface area contributed by atoms with Crippen molar-refractivity contribution in [3.8, 4) is 0 Å². The number of carbonyl (C=O) groups is 2. The van der Waals surface area contributed by atoms with Crippen LogP contribution in [-0.4, -0.2) is 78.2 Å². The van der Waals surface area contributed by atoms with Gasteiger partial charge < -0.3 is 19.8 Å². The van der Waals surface area contributed by atoms with E-state index in [9.17, 15) is 41.0 Å². The fraction of sp³-hybridized carbons (Fsp3) is 0.552. The number of amides is 2. The van der Waals surface area contributed by atoms with Gasteiger partial charge in [-0.3, -0.25) is 9.59 Å². The summed E-state index contributed by atoms with van der Waals surface area (Å²) in [6.07, 6.45) is -7.12. The van der Waals surface area contributed by atoms with Crippen LogP contribution in [0.1, 0.15) is 53.6 Å². The van der Waals surface area contributed by atoms with Crippen LogP contribution < -0.4 is 4.90 Å². The van der Waals surface area contributed by atoms with Gasteiger partial charge >= 0.3 is 12.4 Å². The molecule has 14 heteroatoms. The Balaban J connectivity index is 1.33. The molecule has 0 unspecified atom stereocenters. The summed E-state index contributed by atoms with van der Waals surface area (Å²) in [7, 11) is 3.25. The molecule has 0 bridgehead atoms. The van der Waals surface area contributed by atoms with Crippen molar-refractivity contribution in [3.63, 3.8) is 0 Å². The molecule has 0 radical (unpaired) electrons. The molecule has 3 heterocycles. The van der Waals surface area contributed by atoms with Crippen molar-refractivity contribution in [1.82, 2.24) is 14.8 Å². The van der Waals surface area contributed by atoms with Crippen molar-refractivity contribution in [2.24, 2.45) is 11.8 Å². The second kappa shape index (κ2) is 12.5. The van der Waals surface area contributed by atoms with Gasteiger partial charge in [0.05, 0.1) is 11.1 Å². The Morgan fingerprint density at radius 1 is 0.930 bits per heavy atom. The van der Waals surface area contributed by atoms with Crippen LogP contribution in [0.3, 0.4) is 0 Å². The maximum Gasteiger partial charge on any atom is 0.430 e. The topological polar surface area (TPSA) is 77.0 Å². The summed E-state index contributed by atoms with van der Waals surface area (Å²) in [6.45, 7) is 1.34. The van der Waals surface area contributed by atoms with Crippen molar-refractivity contribution >= 4 is 29.2 Å². The number of nitrogens with zero attached hydrogens (tertiary/aromatic N) is 4. The van der Waals surface area contributed by atoms with E-state index in [1.54, 1.807) is 26.2 Å². The Hall–Kier alpha value is -3.06. The Morgan fingerprint density at radius 2 is 1.49 bits per heavy atom. The molecule has 1 aromatic heterocycles. The number of piperidine rings is 2. The first-order chi connectivity index (χ1) is 20.0. The number of anilines is 1. The van der Waals surface area contributed by atoms with Gasteiger partial charge in [0.1, 0.15) is 11.0 Å². The van der Waals surface area contributed by atoms with E-state index in [2.05, 4.69) is 9.88 Å². The number of pyridine rings is 1. The smallest absolute Gasteiger partial charge is 0.369 e. The Morgan fingerprint density at radius 3 is 2.00 bits per heavy atom. The molecule has 2 aliphatic heterocycles. The molecule has 7 nitrogen and oxygen atoms in total. The van der Waals surface area contributed by atoms with Gasteiger partial charge in [0.2, 0.25) is 0 Å². The molecule has 2 aliphatic rings. The fourth-order valence-corrected chi connectivity index (χ4v) is 6.03. The molecule has 4 rings (SSSR count). The van der Waals surface area contributed by atoms with Crippen LogP contribution >= 0.6 is 11.6 Å². The Kier molecular flexibility index (Phi) is 9.55. The molecule has 1 N–H and O–H groups in total. The zero-order valence-electron chi connectivity index (χ0n) is 23.7. The summed E-state index contributed by atoms with van der Waals surface area (Å²) in [6, 6.07) is 5.59. The first-order valence-electron chi connectivity index (χ1n) is 13.9. The molecule has 43 heavy (non-hydrogen) atoms. The fourth-order valence-electron chi connectivity index (χ4n) is 5.80. The number of rotatable bonds is 6. The van der Waals surface area contributed by atoms with Crippen LogP contribution in [0.4, 0.5) is 32.2 Å². The highest BCUT2D eigenvalue weighted by atomic mass is 35.5. The Labute approximate surface area is 250 Å². The predicted octanol–water partition coefficient (Wildman–Crippen LogP) is 5.75. The average molecular weight is 635 g/mol. The molecule has 2 aromatic rings. The van der Waals surface area contributed by atoms with E-state index in [0.29, 0.717) is 55.4 Å². The van der Waals surface area contributed by atoms with Crippen LogP contribution in [0.25, 0.3) is 0 Å². The van der Waals surface area contributed by atoms with Gasteiger partial charge in [-0.2, -0.15) is 26.3 Å². The summed E-state index contributed by atoms with van der Waals surface area (Å²) in [5, 5.41) is 10.8. The lowest BCUT2D eigenvalue weighted by Gasteiger charge is -2.40. The predicted molar refractivity (Wildman–Crippen MR) is 148 cm³/mol. The third-order valence-electron chi connectivity index (χ3n) is 8.30. The number of alkyl halides is 6. The zero-order valence-corrected chi connectivity index (χ0v) is 24.4. The molecule has 0 spiro atoms. The molecule has 2 saturated heterocycles. The lowest BCUT2D eigenvalue weighted by atomic mass is 9.82. The van der Waals surface area contributed by atoms with Gasteiger partial charge in [-0.15, -0.1) is 0 Å². The van der Waals surface area contributed by atoms with Crippen LogP contribution in [0.5, 0.6) is 0 Å². The van der Waals surface area contributed by atoms with E-state index in [1.807, 2.05) is 0 Å². The van der Waals surface area contributed by atoms with Crippen LogP contribution in [-0.2, 0) is 16.6 Å². The largest absolute Gasteiger partial charge is 0.430 e. The highest BCUT2D eigenvalue weighted by Gasteiger charge is 2.62. The van der Waals surface area contributed by atoms with E-state index in [4.69, 9.17) is 11.6 Å². The second-order valence-corrected chi connectivity index (χ2v) is 11.8. The SMILES string of the molecule is CN(C)C(=O)c1ccc(N2CCC(CC3CCN(C(=O)[C@](O)(c4cccc(C(F)(F)F)c4)C(F)(F)F)CC3)CC2)nc1Cl. The van der Waals surface area contributed by atoms with Crippen molar-refractivity contribution in [1.29, 1.82) is 0 Å². The third-order valence-corrected chi connectivity index (χ3v) is 8.59. The number of benzene rings is 1. The van der Waals surface area contributed by atoms with Crippen molar-refractivity contribution < 1.29 is 41.0 Å². The number of likely N-dealkylation sites (tertiary alicyclic amines) is 1. The van der Waals surface area contributed by atoms with E-state index in [-0.39, 0.29) is 36.1 Å². The highest BCUT2D eigenvalue weighted by molar-refractivity contribution is 6.32. The number of aliphatic hydroxyl groups is 1. The van der Waals surface area contributed by atoms with E-state index in [0.717, 1.165) is 30.2 Å². The third kappa shape index (κ3) is 7.03. The molecule has 0 saturated carbocycles. The minimum Gasteiger partial charge on any atom is -0.369 e. The zero-order chi connectivity index (χ0) is 31.7. The number of carbonyl (C=O) groups excluding carboxylic acids is 2. The summed E-state index contributed by atoms with van der Waals surface area (Å²) in [5.41, 5.74) is -6.33. The first kappa shape index (κ1) is 32.8. The summed E-state index contributed by atoms with van der Waals surface area (Å²) in [5.74, 6) is -0.740. The van der Waals surface area contributed by atoms with E-state index >= 15 is 0 Å². The maximum atomic E-state index is 14.1. The molecule has 1 aromatic carbocycles. The van der Waals surface area contributed by atoms with Gasteiger partial charge in [-0.25, -0.2) is 4.98 Å².